The first-order valence-electron chi connectivity index (χ1n) is 6.23. The molecular weight excluding hydrogens is 311 g/mol. The van der Waals surface area contributed by atoms with Gasteiger partial charge in [0.1, 0.15) is 0 Å². The number of ether oxygens (including phenoxy) is 2. The number of rotatable bonds is 5. The molecular formula is C15H16Cl2N2O2. The summed E-state index contributed by atoms with van der Waals surface area (Å²) in [4.78, 5) is 0. The molecule has 1 unspecified atom stereocenters. The summed E-state index contributed by atoms with van der Waals surface area (Å²) in [7, 11) is 3.17. The van der Waals surface area contributed by atoms with Crippen LogP contribution in [0.15, 0.2) is 36.4 Å². The van der Waals surface area contributed by atoms with Crippen molar-refractivity contribution in [1.82, 2.24) is 5.43 Å². The summed E-state index contributed by atoms with van der Waals surface area (Å²) >= 11 is 12.3. The standard InChI is InChI=1S/C15H16Cl2N2O2/c1-20-13-6-3-9(7-14(13)21-2)15(19-18)11-8-10(16)4-5-12(11)17/h3-8,15,19H,18H2,1-2H3. The van der Waals surface area contributed by atoms with Crippen LogP contribution in [0.3, 0.4) is 0 Å². The topological polar surface area (TPSA) is 56.5 Å². The second kappa shape index (κ2) is 7.00. The molecule has 1 atom stereocenters. The lowest BCUT2D eigenvalue weighted by atomic mass is 9.99. The molecule has 6 heteroatoms. The Morgan fingerprint density at radius 3 is 2.33 bits per heavy atom. The number of methoxy groups -OCH3 is 2. The van der Waals surface area contributed by atoms with Crippen LogP contribution >= 0.6 is 23.2 Å². The van der Waals surface area contributed by atoms with Crippen LogP contribution < -0.4 is 20.7 Å². The van der Waals surface area contributed by atoms with Gasteiger partial charge in [-0.25, -0.2) is 5.43 Å². The van der Waals surface area contributed by atoms with Crippen LogP contribution in [0.1, 0.15) is 17.2 Å². The van der Waals surface area contributed by atoms with E-state index in [-0.39, 0.29) is 6.04 Å². The van der Waals surface area contributed by atoms with E-state index >= 15 is 0 Å². The lowest BCUT2D eigenvalue weighted by Gasteiger charge is -2.20. The van der Waals surface area contributed by atoms with Gasteiger partial charge in [0.15, 0.2) is 11.5 Å². The van der Waals surface area contributed by atoms with E-state index in [1.165, 1.54) is 0 Å². The molecule has 21 heavy (non-hydrogen) atoms. The number of halogens is 2. The zero-order valence-corrected chi connectivity index (χ0v) is 13.2. The highest BCUT2D eigenvalue weighted by Gasteiger charge is 2.18. The van der Waals surface area contributed by atoms with Crippen molar-refractivity contribution in [2.75, 3.05) is 14.2 Å². The molecule has 4 nitrogen and oxygen atoms in total. The second-order valence-corrected chi connectivity index (χ2v) is 5.22. The number of hydrogen-bond donors (Lipinski definition) is 2. The Labute approximate surface area is 133 Å². The minimum Gasteiger partial charge on any atom is -0.493 e. The fourth-order valence-corrected chi connectivity index (χ4v) is 2.54. The van der Waals surface area contributed by atoms with E-state index in [4.69, 9.17) is 38.5 Å². The molecule has 3 N–H and O–H groups in total. The van der Waals surface area contributed by atoms with E-state index in [1.807, 2.05) is 18.2 Å². The van der Waals surface area contributed by atoms with Crippen LogP contribution in [0.25, 0.3) is 0 Å². The van der Waals surface area contributed by atoms with E-state index in [0.717, 1.165) is 11.1 Å². The van der Waals surface area contributed by atoms with Crippen LogP contribution in [-0.4, -0.2) is 14.2 Å². The van der Waals surface area contributed by atoms with Crippen LogP contribution in [0.2, 0.25) is 10.0 Å². The lowest BCUT2D eigenvalue weighted by Crippen LogP contribution is -2.29. The van der Waals surface area contributed by atoms with Crippen molar-refractivity contribution < 1.29 is 9.47 Å². The van der Waals surface area contributed by atoms with Gasteiger partial charge in [-0.3, -0.25) is 5.84 Å². The molecule has 0 aliphatic heterocycles. The summed E-state index contributed by atoms with van der Waals surface area (Å²) in [6.45, 7) is 0. The molecule has 0 heterocycles. The molecule has 0 spiro atoms. The molecule has 0 saturated carbocycles. The average Bonchev–Trinajstić information content (AvgIpc) is 2.51. The zero-order chi connectivity index (χ0) is 15.4. The fraction of sp³-hybridized carbons (Fsp3) is 0.200. The van der Waals surface area contributed by atoms with Gasteiger partial charge in [-0.05, 0) is 41.5 Å². The number of hydrogen-bond acceptors (Lipinski definition) is 4. The SMILES string of the molecule is COc1ccc(C(NN)c2cc(Cl)ccc2Cl)cc1OC. The van der Waals surface area contributed by atoms with Crippen molar-refractivity contribution in [3.8, 4) is 11.5 Å². The third-order valence-electron chi connectivity index (χ3n) is 3.18. The molecule has 112 valence electrons. The Hall–Kier alpha value is -1.46. The van der Waals surface area contributed by atoms with Gasteiger partial charge in [-0.15, -0.1) is 0 Å². The molecule has 0 aliphatic rings. The van der Waals surface area contributed by atoms with Crippen molar-refractivity contribution in [3.63, 3.8) is 0 Å². The summed E-state index contributed by atoms with van der Waals surface area (Å²) in [5, 5.41) is 1.17. The van der Waals surface area contributed by atoms with Crippen LogP contribution in [0, 0.1) is 0 Å². The minimum absolute atomic E-state index is 0.309. The van der Waals surface area contributed by atoms with E-state index in [1.54, 1.807) is 32.4 Å². The maximum Gasteiger partial charge on any atom is 0.161 e. The quantitative estimate of drug-likeness (QED) is 0.651. The summed E-state index contributed by atoms with van der Waals surface area (Å²) in [5.41, 5.74) is 4.43. The predicted octanol–water partition coefficient (Wildman–Crippen LogP) is 3.56. The number of nitrogens with two attached hydrogens (primary N) is 1. The van der Waals surface area contributed by atoms with Gasteiger partial charge in [0, 0.05) is 10.0 Å². The first-order chi connectivity index (χ1) is 10.1. The molecule has 2 rings (SSSR count). The zero-order valence-electron chi connectivity index (χ0n) is 11.7. The van der Waals surface area contributed by atoms with E-state index in [2.05, 4.69) is 5.43 Å². The molecule has 0 radical (unpaired) electrons. The summed E-state index contributed by atoms with van der Waals surface area (Å²) < 4.78 is 10.5. The Morgan fingerprint density at radius 1 is 1.00 bits per heavy atom. The normalized spacial score (nSPS) is 12.0. The summed E-state index contributed by atoms with van der Waals surface area (Å²) in [6.07, 6.45) is 0. The smallest absolute Gasteiger partial charge is 0.161 e. The second-order valence-electron chi connectivity index (χ2n) is 4.38. The maximum atomic E-state index is 6.24. The molecule has 0 fully saturated rings. The van der Waals surface area contributed by atoms with Crippen LogP contribution in [0.4, 0.5) is 0 Å². The van der Waals surface area contributed by atoms with Gasteiger partial charge < -0.3 is 9.47 Å². The highest BCUT2D eigenvalue weighted by molar-refractivity contribution is 6.33. The summed E-state index contributed by atoms with van der Waals surface area (Å²) in [5.74, 6) is 6.96. The lowest BCUT2D eigenvalue weighted by molar-refractivity contribution is 0.354. The van der Waals surface area contributed by atoms with E-state index in [9.17, 15) is 0 Å². The highest BCUT2D eigenvalue weighted by atomic mass is 35.5. The number of benzene rings is 2. The molecule has 0 saturated heterocycles. The van der Waals surface area contributed by atoms with Gasteiger partial charge in [-0.1, -0.05) is 29.3 Å². The Morgan fingerprint density at radius 2 is 1.71 bits per heavy atom. The monoisotopic (exact) mass is 326 g/mol. The molecule has 0 bridgehead atoms. The van der Waals surface area contributed by atoms with Crippen molar-refractivity contribution in [3.05, 3.63) is 57.6 Å². The van der Waals surface area contributed by atoms with Gasteiger partial charge >= 0.3 is 0 Å². The third-order valence-corrected chi connectivity index (χ3v) is 3.76. The van der Waals surface area contributed by atoms with Gasteiger partial charge in [0.2, 0.25) is 0 Å². The minimum atomic E-state index is -0.309. The number of nitrogens with one attached hydrogen (secondary N) is 1. The third kappa shape index (κ3) is 3.41. The first-order valence-corrected chi connectivity index (χ1v) is 6.99. The summed E-state index contributed by atoms with van der Waals surface area (Å²) in [6, 6.07) is 10.5. The largest absolute Gasteiger partial charge is 0.493 e. The average molecular weight is 327 g/mol. The van der Waals surface area contributed by atoms with Gasteiger partial charge in [0.25, 0.3) is 0 Å². The Bertz CT molecular complexity index is 635. The maximum absolute atomic E-state index is 6.24. The first kappa shape index (κ1) is 15.9. The number of hydrazine groups is 1. The predicted molar refractivity (Wildman–Crippen MR) is 85.2 cm³/mol. The van der Waals surface area contributed by atoms with E-state index in [0.29, 0.717) is 21.5 Å². The Balaban J connectivity index is 2.48. The highest BCUT2D eigenvalue weighted by Crippen LogP contribution is 2.34. The van der Waals surface area contributed by atoms with Crippen molar-refractivity contribution in [2.24, 2.45) is 5.84 Å². The molecule has 0 aromatic heterocycles. The molecule has 0 aliphatic carbocycles. The van der Waals surface area contributed by atoms with Gasteiger partial charge in [0.05, 0.1) is 20.3 Å². The molecule has 0 amide bonds. The van der Waals surface area contributed by atoms with Crippen molar-refractivity contribution >= 4 is 23.2 Å². The van der Waals surface area contributed by atoms with Crippen molar-refractivity contribution in [1.29, 1.82) is 0 Å². The molecule has 2 aromatic rings. The van der Waals surface area contributed by atoms with E-state index < -0.39 is 0 Å². The van der Waals surface area contributed by atoms with Crippen LogP contribution in [0.5, 0.6) is 11.5 Å². The Kier molecular flexibility index (Phi) is 5.31. The molecule has 2 aromatic carbocycles. The van der Waals surface area contributed by atoms with Gasteiger partial charge in [-0.2, -0.15) is 0 Å². The fourth-order valence-electron chi connectivity index (χ4n) is 2.13. The van der Waals surface area contributed by atoms with Crippen molar-refractivity contribution in [2.45, 2.75) is 6.04 Å². The van der Waals surface area contributed by atoms with Crippen LogP contribution in [-0.2, 0) is 0 Å².